The molecule has 0 bridgehead atoms. The van der Waals surface area contributed by atoms with E-state index < -0.39 is 5.41 Å². The number of aliphatic hydroxyl groups excluding tert-OH is 2. The maximum Gasteiger partial charge on any atom is 0.0518 e. The van der Waals surface area contributed by atoms with Crippen LogP contribution in [0, 0.1) is 12.3 Å². The van der Waals surface area contributed by atoms with Crippen molar-refractivity contribution in [3.05, 3.63) is 35.4 Å². The first-order valence-electron chi connectivity index (χ1n) is 5.58. The van der Waals surface area contributed by atoms with Gasteiger partial charge in [0.25, 0.3) is 0 Å². The lowest BCUT2D eigenvalue weighted by Crippen LogP contribution is -2.37. The normalized spacial score (nSPS) is 11.8. The van der Waals surface area contributed by atoms with Gasteiger partial charge in [0.05, 0.1) is 13.2 Å². The Balaban J connectivity index is 2.38. The Morgan fingerprint density at radius 3 is 2.19 bits per heavy atom. The monoisotopic (exact) mass is 223 g/mol. The van der Waals surface area contributed by atoms with Crippen LogP contribution in [0.25, 0.3) is 0 Å². The summed E-state index contributed by atoms with van der Waals surface area (Å²) in [5, 5.41) is 21.5. The Kier molecular flexibility index (Phi) is 4.93. The molecule has 0 fully saturated rings. The summed E-state index contributed by atoms with van der Waals surface area (Å²) in [6.45, 7) is 5.26. The molecule has 0 aliphatic rings. The third kappa shape index (κ3) is 3.93. The van der Waals surface area contributed by atoms with Gasteiger partial charge in [-0.2, -0.15) is 0 Å². The Hall–Kier alpha value is -0.900. The first-order valence-corrected chi connectivity index (χ1v) is 5.58. The van der Waals surface area contributed by atoms with Crippen LogP contribution in [0.15, 0.2) is 24.3 Å². The molecule has 0 atom stereocenters. The number of rotatable bonds is 6. The minimum atomic E-state index is -0.440. The van der Waals surface area contributed by atoms with Gasteiger partial charge in [-0.25, -0.2) is 0 Å². The molecule has 0 spiro atoms. The van der Waals surface area contributed by atoms with E-state index in [-0.39, 0.29) is 13.2 Å². The average molecular weight is 223 g/mol. The van der Waals surface area contributed by atoms with Crippen molar-refractivity contribution >= 4 is 0 Å². The minimum Gasteiger partial charge on any atom is -0.396 e. The van der Waals surface area contributed by atoms with E-state index in [4.69, 9.17) is 10.2 Å². The minimum absolute atomic E-state index is 0.00953. The van der Waals surface area contributed by atoms with E-state index in [1.165, 1.54) is 11.1 Å². The van der Waals surface area contributed by atoms with Crippen molar-refractivity contribution in [2.24, 2.45) is 5.41 Å². The molecule has 16 heavy (non-hydrogen) atoms. The molecule has 0 saturated carbocycles. The fourth-order valence-electron chi connectivity index (χ4n) is 1.38. The van der Waals surface area contributed by atoms with Gasteiger partial charge >= 0.3 is 0 Å². The van der Waals surface area contributed by atoms with Crippen LogP contribution in [0.5, 0.6) is 0 Å². The van der Waals surface area contributed by atoms with Crippen LogP contribution >= 0.6 is 0 Å². The predicted octanol–water partition coefficient (Wildman–Crippen LogP) is 1.08. The van der Waals surface area contributed by atoms with Crippen LogP contribution in [-0.4, -0.2) is 30.0 Å². The van der Waals surface area contributed by atoms with E-state index in [1.54, 1.807) is 0 Å². The maximum absolute atomic E-state index is 9.12. The summed E-state index contributed by atoms with van der Waals surface area (Å²) < 4.78 is 0. The zero-order valence-electron chi connectivity index (χ0n) is 10.0. The van der Waals surface area contributed by atoms with Crippen molar-refractivity contribution in [1.82, 2.24) is 5.32 Å². The van der Waals surface area contributed by atoms with Crippen LogP contribution in [0.4, 0.5) is 0 Å². The smallest absolute Gasteiger partial charge is 0.0518 e. The lowest BCUT2D eigenvalue weighted by Gasteiger charge is -2.24. The van der Waals surface area contributed by atoms with Crippen LogP contribution in [0.2, 0.25) is 0 Å². The molecule has 0 amide bonds. The summed E-state index contributed by atoms with van der Waals surface area (Å²) in [4.78, 5) is 0. The molecule has 1 rings (SSSR count). The van der Waals surface area contributed by atoms with Crippen LogP contribution < -0.4 is 5.32 Å². The third-order valence-electron chi connectivity index (χ3n) is 2.76. The Bertz CT molecular complexity index is 304. The maximum atomic E-state index is 9.12. The number of hydrogen-bond acceptors (Lipinski definition) is 3. The van der Waals surface area contributed by atoms with Gasteiger partial charge in [0.2, 0.25) is 0 Å². The van der Waals surface area contributed by atoms with E-state index in [1.807, 2.05) is 6.92 Å². The fraction of sp³-hybridized carbons (Fsp3) is 0.538. The molecule has 1 aromatic carbocycles. The second-order valence-electron chi connectivity index (χ2n) is 4.72. The van der Waals surface area contributed by atoms with E-state index in [9.17, 15) is 0 Å². The number of aliphatic hydroxyl groups is 2. The highest BCUT2D eigenvalue weighted by atomic mass is 16.3. The molecule has 0 aliphatic heterocycles. The molecule has 3 heteroatoms. The zero-order valence-corrected chi connectivity index (χ0v) is 10.0. The molecular weight excluding hydrogens is 202 g/mol. The SMILES string of the molecule is Cc1ccc(CNCC(C)(CO)CO)cc1. The highest BCUT2D eigenvalue weighted by Gasteiger charge is 2.21. The van der Waals surface area contributed by atoms with E-state index in [0.717, 1.165) is 6.54 Å². The van der Waals surface area contributed by atoms with Gasteiger partial charge in [-0.1, -0.05) is 36.8 Å². The molecule has 3 N–H and O–H groups in total. The second kappa shape index (κ2) is 5.99. The van der Waals surface area contributed by atoms with Crippen LogP contribution in [0.3, 0.4) is 0 Å². The summed E-state index contributed by atoms with van der Waals surface area (Å²) in [5.74, 6) is 0. The molecule has 0 unspecified atom stereocenters. The highest BCUT2D eigenvalue weighted by Crippen LogP contribution is 2.12. The molecule has 0 aliphatic carbocycles. The Labute approximate surface area is 97.1 Å². The fourth-order valence-corrected chi connectivity index (χ4v) is 1.38. The quantitative estimate of drug-likeness (QED) is 0.676. The molecule has 90 valence electrons. The van der Waals surface area contributed by atoms with Crippen molar-refractivity contribution in [2.75, 3.05) is 19.8 Å². The summed E-state index contributed by atoms with van der Waals surface area (Å²) >= 11 is 0. The first kappa shape index (κ1) is 13.2. The summed E-state index contributed by atoms with van der Waals surface area (Å²) in [7, 11) is 0. The van der Waals surface area contributed by atoms with Crippen molar-refractivity contribution in [1.29, 1.82) is 0 Å². The van der Waals surface area contributed by atoms with Gasteiger partial charge in [-0.3, -0.25) is 0 Å². The predicted molar refractivity (Wildman–Crippen MR) is 65.2 cm³/mol. The third-order valence-corrected chi connectivity index (χ3v) is 2.76. The van der Waals surface area contributed by atoms with Gasteiger partial charge in [0.1, 0.15) is 0 Å². The van der Waals surface area contributed by atoms with Gasteiger partial charge in [0, 0.05) is 18.5 Å². The van der Waals surface area contributed by atoms with Gasteiger partial charge in [-0.15, -0.1) is 0 Å². The van der Waals surface area contributed by atoms with Crippen molar-refractivity contribution in [3.63, 3.8) is 0 Å². The topological polar surface area (TPSA) is 52.5 Å². The molecular formula is C13H21NO2. The Morgan fingerprint density at radius 2 is 1.69 bits per heavy atom. The van der Waals surface area contributed by atoms with E-state index >= 15 is 0 Å². The lowest BCUT2D eigenvalue weighted by molar-refractivity contribution is 0.0695. The number of benzene rings is 1. The molecule has 0 saturated heterocycles. The summed E-state index contributed by atoms with van der Waals surface area (Å²) in [6, 6.07) is 8.32. The van der Waals surface area contributed by atoms with Crippen molar-refractivity contribution < 1.29 is 10.2 Å². The largest absolute Gasteiger partial charge is 0.396 e. The second-order valence-corrected chi connectivity index (χ2v) is 4.72. The molecule has 3 nitrogen and oxygen atoms in total. The van der Waals surface area contributed by atoms with Gasteiger partial charge in [0.15, 0.2) is 0 Å². The van der Waals surface area contributed by atoms with Crippen molar-refractivity contribution in [2.45, 2.75) is 20.4 Å². The van der Waals surface area contributed by atoms with E-state index in [2.05, 4.69) is 36.5 Å². The summed E-state index contributed by atoms with van der Waals surface area (Å²) in [5.41, 5.74) is 2.02. The number of aryl methyl sites for hydroxylation is 1. The molecule has 1 aromatic rings. The van der Waals surface area contributed by atoms with Crippen molar-refractivity contribution in [3.8, 4) is 0 Å². The zero-order chi connectivity index (χ0) is 12.0. The Morgan fingerprint density at radius 1 is 1.12 bits per heavy atom. The molecule has 0 radical (unpaired) electrons. The average Bonchev–Trinajstić information content (AvgIpc) is 2.31. The van der Waals surface area contributed by atoms with Gasteiger partial charge < -0.3 is 15.5 Å². The molecule has 0 aromatic heterocycles. The standard InChI is InChI=1S/C13H21NO2/c1-11-3-5-12(6-4-11)7-14-8-13(2,9-15)10-16/h3-6,14-16H,7-10H2,1-2H3. The summed E-state index contributed by atoms with van der Waals surface area (Å²) in [6.07, 6.45) is 0. The number of nitrogens with one attached hydrogen (secondary N) is 1. The van der Waals surface area contributed by atoms with Crippen LogP contribution in [0.1, 0.15) is 18.1 Å². The number of hydrogen-bond donors (Lipinski definition) is 3. The van der Waals surface area contributed by atoms with Crippen LogP contribution in [-0.2, 0) is 6.54 Å². The van der Waals surface area contributed by atoms with Gasteiger partial charge in [-0.05, 0) is 12.5 Å². The first-order chi connectivity index (χ1) is 7.59. The molecule has 0 heterocycles. The van der Waals surface area contributed by atoms with E-state index in [0.29, 0.717) is 6.54 Å². The highest BCUT2D eigenvalue weighted by molar-refractivity contribution is 5.21. The lowest BCUT2D eigenvalue weighted by atomic mass is 9.93.